The van der Waals surface area contributed by atoms with Gasteiger partial charge in [0, 0.05) is 36.0 Å². The molecule has 1 rings (SSSR count). The summed E-state index contributed by atoms with van der Waals surface area (Å²) in [5.74, 6) is 0. The Kier molecular flexibility index (Phi) is 5.25. The van der Waals surface area contributed by atoms with Crippen molar-refractivity contribution < 1.29 is 4.74 Å². The van der Waals surface area contributed by atoms with E-state index in [0.29, 0.717) is 6.61 Å². The third kappa shape index (κ3) is 4.30. The minimum Gasteiger partial charge on any atom is -0.383 e. The molecule has 0 saturated carbocycles. The van der Waals surface area contributed by atoms with E-state index in [1.165, 1.54) is 15.3 Å². The molecule has 0 fully saturated rings. The summed E-state index contributed by atoms with van der Waals surface area (Å²) in [6.07, 6.45) is 0. The SMILES string of the molecule is COCC(N)CNCc1cc(C)c(C)s1. The Balaban J connectivity index is 2.25. The first-order valence-corrected chi connectivity index (χ1v) is 5.96. The van der Waals surface area contributed by atoms with Crippen LogP contribution in [0.25, 0.3) is 0 Å². The highest BCUT2D eigenvalue weighted by Crippen LogP contribution is 2.19. The van der Waals surface area contributed by atoms with Crippen LogP contribution in [0.5, 0.6) is 0 Å². The van der Waals surface area contributed by atoms with Gasteiger partial charge in [-0.05, 0) is 25.5 Å². The highest BCUT2D eigenvalue weighted by molar-refractivity contribution is 7.12. The molecule has 0 amide bonds. The van der Waals surface area contributed by atoms with Crippen LogP contribution in [0.15, 0.2) is 6.07 Å². The Hall–Kier alpha value is -0.420. The lowest BCUT2D eigenvalue weighted by Gasteiger charge is -2.10. The van der Waals surface area contributed by atoms with Crippen molar-refractivity contribution in [2.45, 2.75) is 26.4 Å². The van der Waals surface area contributed by atoms with Gasteiger partial charge < -0.3 is 15.8 Å². The standard InChI is InChI=1S/C11H20N2OS/c1-8-4-11(15-9(8)2)6-13-5-10(12)7-14-3/h4,10,13H,5-7,12H2,1-3H3. The van der Waals surface area contributed by atoms with Crippen molar-refractivity contribution in [1.29, 1.82) is 0 Å². The zero-order valence-corrected chi connectivity index (χ0v) is 10.5. The van der Waals surface area contributed by atoms with Crippen LogP contribution in [0.2, 0.25) is 0 Å². The van der Waals surface area contributed by atoms with Crippen molar-refractivity contribution in [2.24, 2.45) is 5.73 Å². The number of nitrogens with two attached hydrogens (primary N) is 1. The summed E-state index contributed by atoms with van der Waals surface area (Å²) in [6.45, 7) is 6.60. The molecule has 0 radical (unpaired) electrons. The van der Waals surface area contributed by atoms with Gasteiger partial charge in [0.2, 0.25) is 0 Å². The number of nitrogens with one attached hydrogen (secondary N) is 1. The van der Waals surface area contributed by atoms with Crippen molar-refractivity contribution in [1.82, 2.24) is 5.32 Å². The van der Waals surface area contributed by atoms with Crippen molar-refractivity contribution in [3.8, 4) is 0 Å². The monoisotopic (exact) mass is 228 g/mol. The molecule has 1 aromatic rings. The molecule has 1 unspecified atom stereocenters. The quantitative estimate of drug-likeness (QED) is 0.774. The van der Waals surface area contributed by atoms with Crippen LogP contribution in [0.1, 0.15) is 15.3 Å². The molecule has 3 nitrogen and oxygen atoms in total. The molecule has 0 aliphatic rings. The lowest BCUT2D eigenvalue weighted by atomic mass is 10.3. The summed E-state index contributed by atoms with van der Waals surface area (Å²) in [5, 5.41) is 3.33. The first-order valence-electron chi connectivity index (χ1n) is 5.14. The van der Waals surface area contributed by atoms with E-state index < -0.39 is 0 Å². The molecule has 0 aliphatic heterocycles. The predicted octanol–water partition coefficient (Wildman–Crippen LogP) is 1.43. The average molecular weight is 228 g/mol. The molecule has 0 spiro atoms. The lowest BCUT2D eigenvalue weighted by molar-refractivity contribution is 0.179. The average Bonchev–Trinajstić information content (AvgIpc) is 2.46. The van der Waals surface area contributed by atoms with E-state index in [1.54, 1.807) is 7.11 Å². The van der Waals surface area contributed by atoms with Gasteiger partial charge in [-0.15, -0.1) is 11.3 Å². The van der Waals surface area contributed by atoms with Gasteiger partial charge in [-0.25, -0.2) is 0 Å². The molecule has 15 heavy (non-hydrogen) atoms. The number of aryl methyl sites for hydroxylation is 2. The molecule has 0 aliphatic carbocycles. The number of rotatable bonds is 6. The van der Waals surface area contributed by atoms with Crippen molar-refractivity contribution in [3.63, 3.8) is 0 Å². The number of thiophene rings is 1. The largest absolute Gasteiger partial charge is 0.383 e. The van der Waals surface area contributed by atoms with Crippen LogP contribution in [-0.2, 0) is 11.3 Å². The fourth-order valence-electron chi connectivity index (χ4n) is 1.39. The fourth-order valence-corrected chi connectivity index (χ4v) is 2.41. The van der Waals surface area contributed by atoms with Gasteiger partial charge in [0.15, 0.2) is 0 Å². The minimum absolute atomic E-state index is 0.0807. The summed E-state index contributed by atoms with van der Waals surface area (Å²) in [7, 11) is 1.67. The predicted molar refractivity (Wildman–Crippen MR) is 65.4 cm³/mol. The van der Waals surface area contributed by atoms with Crippen LogP contribution in [-0.4, -0.2) is 26.3 Å². The van der Waals surface area contributed by atoms with E-state index in [0.717, 1.165) is 13.1 Å². The molecule has 0 bridgehead atoms. The highest BCUT2D eigenvalue weighted by Gasteiger charge is 2.03. The Bertz CT molecular complexity index is 279. The van der Waals surface area contributed by atoms with E-state index in [4.69, 9.17) is 10.5 Å². The van der Waals surface area contributed by atoms with Crippen LogP contribution in [0.3, 0.4) is 0 Å². The van der Waals surface area contributed by atoms with Gasteiger partial charge in [-0.3, -0.25) is 0 Å². The number of hydrogen-bond donors (Lipinski definition) is 2. The van der Waals surface area contributed by atoms with E-state index in [9.17, 15) is 0 Å². The maximum atomic E-state index is 5.80. The van der Waals surface area contributed by atoms with E-state index in [2.05, 4.69) is 25.2 Å². The van der Waals surface area contributed by atoms with Crippen molar-refractivity contribution in [2.75, 3.05) is 20.3 Å². The maximum Gasteiger partial charge on any atom is 0.0626 e. The summed E-state index contributed by atoms with van der Waals surface area (Å²) in [4.78, 5) is 2.77. The molecule has 1 aromatic heterocycles. The van der Waals surface area contributed by atoms with E-state index >= 15 is 0 Å². The Labute approximate surface area is 95.6 Å². The van der Waals surface area contributed by atoms with Crippen LogP contribution in [0, 0.1) is 13.8 Å². The summed E-state index contributed by atoms with van der Waals surface area (Å²) in [6, 6.07) is 2.31. The topological polar surface area (TPSA) is 47.3 Å². The summed E-state index contributed by atoms with van der Waals surface area (Å²) >= 11 is 1.84. The number of methoxy groups -OCH3 is 1. The molecule has 86 valence electrons. The molecule has 0 aromatic carbocycles. The minimum atomic E-state index is 0.0807. The fraction of sp³-hybridized carbons (Fsp3) is 0.636. The summed E-state index contributed by atoms with van der Waals surface area (Å²) < 4.78 is 4.97. The zero-order chi connectivity index (χ0) is 11.3. The second kappa shape index (κ2) is 6.23. The van der Waals surface area contributed by atoms with Crippen molar-refractivity contribution in [3.05, 3.63) is 21.4 Å². The van der Waals surface area contributed by atoms with E-state index in [-0.39, 0.29) is 6.04 Å². The van der Waals surface area contributed by atoms with Crippen molar-refractivity contribution >= 4 is 11.3 Å². The molecule has 1 heterocycles. The Morgan fingerprint density at radius 3 is 2.80 bits per heavy atom. The van der Waals surface area contributed by atoms with Gasteiger partial charge in [-0.2, -0.15) is 0 Å². The molecular weight excluding hydrogens is 208 g/mol. The zero-order valence-electron chi connectivity index (χ0n) is 9.67. The molecule has 4 heteroatoms. The maximum absolute atomic E-state index is 5.80. The van der Waals surface area contributed by atoms with Gasteiger partial charge in [0.1, 0.15) is 0 Å². The second-order valence-electron chi connectivity index (χ2n) is 3.80. The Morgan fingerprint density at radius 2 is 2.27 bits per heavy atom. The smallest absolute Gasteiger partial charge is 0.0626 e. The van der Waals surface area contributed by atoms with Crippen LogP contribution in [0.4, 0.5) is 0 Å². The normalized spacial score (nSPS) is 13.1. The first-order chi connectivity index (χ1) is 7.13. The number of hydrogen-bond acceptors (Lipinski definition) is 4. The third-order valence-corrected chi connectivity index (χ3v) is 3.46. The van der Waals surface area contributed by atoms with E-state index in [1.807, 2.05) is 11.3 Å². The number of ether oxygens (including phenoxy) is 1. The van der Waals surface area contributed by atoms with Gasteiger partial charge in [0.05, 0.1) is 6.61 Å². The lowest BCUT2D eigenvalue weighted by Crippen LogP contribution is -2.36. The second-order valence-corrected chi connectivity index (χ2v) is 5.14. The van der Waals surface area contributed by atoms with Gasteiger partial charge in [0.25, 0.3) is 0 Å². The molecule has 3 N–H and O–H groups in total. The Morgan fingerprint density at radius 1 is 1.53 bits per heavy atom. The van der Waals surface area contributed by atoms with Gasteiger partial charge >= 0.3 is 0 Å². The van der Waals surface area contributed by atoms with Crippen LogP contribution >= 0.6 is 11.3 Å². The first kappa shape index (κ1) is 12.6. The molecule has 1 atom stereocenters. The molecule has 0 saturated heterocycles. The van der Waals surface area contributed by atoms with Gasteiger partial charge in [-0.1, -0.05) is 0 Å². The van der Waals surface area contributed by atoms with Crippen LogP contribution < -0.4 is 11.1 Å². The summed E-state index contributed by atoms with van der Waals surface area (Å²) in [5.41, 5.74) is 7.17. The highest BCUT2D eigenvalue weighted by atomic mass is 32.1. The third-order valence-electron chi connectivity index (χ3n) is 2.30. The molecular formula is C11H20N2OS.